The van der Waals surface area contributed by atoms with Gasteiger partial charge in [0.05, 0.1) is 0 Å². The van der Waals surface area contributed by atoms with E-state index in [1.54, 1.807) is 11.8 Å². The second-order valence-electron chi connectivity index (χ2n) is 2.28. The first-order valence-corrected chi connectivity index (χ1v) is 5.86. The summed E-state index contributed by atoms with van der Waals surface area (Å²) in [6, 6.07) is 8.50. The molecule has 0 saturated heterocycles. The van der Waals surface area contributed by atoms with E-state index in [2.05, 4.69) is 42.7 Å². The lowest BCUT2D eigenvalue weighted by Gasteiger charge is -1.96. The summed E-state index contributed by atoms with van der Waals surface area (Å²) in [5.74, 6) is 0. The van der Waals surface area contributed by atoms with E-state index >= 15 is 0 Å². The van der Waals surface area contributed by atoms with Crippen LogP contribution < -0.4 is 0 Å². The van der Waals surface area contributed by atoms with Crippen molar-refractivity contribution in [3.05, 3.63) is 35.9 Å². The zero-order valence-corrected chi connectivity index (χ0v) is 9.69. The minimum absolute atomic E-state index is 1.28. The first-order valence-electron chi connectivity index (χ1n) is 4.63. The molecule has 1 rings (SSSR count). The highest BCUT2D eigenvalue weighted by atomic mass is 32.2. The van der Waals surface area contributed by atoms with Crippen molar-refractivity contribution in [2.75, 3.05) is 6.26 Å². The van der Waals surface area contributed by atoms with Crippen molar-refractivity contribution in [1.82, 2.24) is 0 Å². The minimum atomic E-state index is 1.28. The number of rotatable bonds is 2. The fraction of sp³-hybridized carbons (Fsp3) is 0.333. The molecule has 0 radical (unpaired) electrons. The van der Waals surface area contributed by atoms with Crippen LogP contribution in [0.25, 0.3) is 6.08 Å². The fourth-order valence-corrected chi connectivity index (χ4v) is 1.41. The highest BCUT2D eigenvalue weighted by Gasteiger charge is 1.88. The van der Waals surface area contributed by atoms with E-state index in [1.165, 1.54) is 10.5 Å². The highest BCUT2D eigenvalue weighted by molar-refractivity contribution is 7.98. The van der Waals surface area contributed by atoms with Crippen molar-refractivity contribution in [3.63, 3.8) is 0 Å². The Balaban J connectivity index is 0.000000671. The molecule has 0 nitrogen and oxygen atoms in total. The lowest BCUT2D eigenvalue weighted by molar-refractivity contribution is 1.45. The van der Waals surface area contributed by atoms with Gasteiger partial charge in [0.2, 0.25) is 0 Å². The van der Waals surface area contributed by atoms with E-state index in [4.69, 9.17) is 0 Å². The van der Waals surface area contributed by atoms with E-state index in [0.29, 0.717) is 0 Å². The molecule has 0 fully saturated rings. The Bertz CT molecular complexity index is 251. The first kappa shape index (κ1) is 12.3. The monoisotopic (exact) mass is 194 g/mol. The quantitative estimate of drug-likeness (QED) is 0.626. The van der Waals surface area contributed by atoms with Crippen LogP contribution in [-0.2, 0) is 0 Å². The zero-order valence-electron chi connectivity index (χ0n) is 8.87. The largest absolute Gasteiger partial charge is 0.130 e. The molecule has 72 valence electrons. The standard InChI is InChI=1S/C10H12S.C2H6/c1-3-5-9-6-4-7-10(8-9)11-2;1-2/h3-8H,1-2H3;1-2H3/b5-3+;. The third-order valence-electron chi connectivity index (χ3n) is 1.45. The van der Waals surface area contributed by atoms with Gasteiger partial charge in [0.25, 0.3) is 0 Å². The third kappa shape index (κ3) is 4.79. The maximum atomic E-state index is 2.19. The molecule has 13 heavy (non-hydrogen) atoms. The summed E-state index contributed by atoms with van der Waals surface area (Å²) in [5.41, 5.74) is 1.28. The molecule has 1 aromatic rings. The molecule has 0 aliphatic heterocycles. The Hall–Kier alpha value is -0.690. The van der Waals surface area contributed by atoms with Gasteiger partial charge in [-0.05, 0) is 30.9 Å². The van der Waals surface area contributed by atoms with Crippen molar-refractivity contribution >= 4 is 17.8 Å². The summed E-state index contributed by atoms with van der Waals surface area (Å²) in [7, 11) is 0. The van der Waals surface area contributed by atoms with Crippen LogP contribution in [0.4, 0.5) is 0 Å². The fourth-order valence-electron chi connectivity index (χ4n) is 0.938. The van der Waals surface area contributed by atoms with Gasteiger partial charge < -0.3 is 0 Å². The molecule has 1 aromatic carbocycles. The van der Waals surface area contributed by atoms with Crippen LogP contribution in [0.2, 0.25) is 0 Å². The van der Waals surface area contributed by atoms with Gasteiger partial charge in [0, 0.05) is 4.90 Å². The molecule has 0 atom stereocenters. The number of hydrogen-bond acceptors (Lipinski definition) is 1. The first-order chi connectivity index (χ1) is 6.36. The molecule has 0 spiro atoms. The Labute approximate surface area is 86.1 Å². The molecule has 0 amide bonds. The molecule has 0 heterocycles. The Morgan fingerprint density at radius 3 is 2.46 bits per heavy atom. The van der Waals surface area contributed by atoms with Gasteiger partial charge in [-0.1, -0.05) is 38.1 Å². The van der Waals surface area contributed by atoms with E-state index in [0.717, 1.165) is 0 Å². The van der Waals surface area contributed by atoms with Gasteiger partial charge >= 0.3 is 0 Å². The van der Waals surface area contributed by atoms with E-state index < -0.39 is 0 Å². The Kier molecular flexibility index (Phi) is 7.51. The average molecular weight is 194 g/mol. The van der Waals surface area contributed by atoms with Gasteiger partial charge in [-0.25, -0.2) is 0 Å². The van der Waals surface area contributed by atoms with Gasteiger partial charge in [-0.3, -0.25) is 0 Å². The maximum absolute atomic E-state index is 2.19. The topological polar surface area (TPSA) is 0 Å². The van der Waals surface area contributed by atoms with Crippen molar-refractivity contribution in [3.8, 4) is 0 Å². The van der Waals surface area contributed by atoms with Crippen LogP contribution in [-0.4, -0.2) is 6.26 Å². The second-order valence-corrected chi connectivity index (χ2v) is 3.16. The van der Waals surface area contributed by atoms with Crippen molar-refractivity contribution < 1.29 is 0 Å². The van der Waals surface area contributed by atoms with Crippen LogP contribution in [0.1, 0.15) is 26.3 Å². The molecular formula is C12H18S. The maximum Gasteiger partial charge on any atom is 0.00750 e. The van der Waals surface area contributed by atoms with Crippen molar-refractivity contribution in [2.24, 2.45) is 0 Å². The normalized spacial score (nSPS) is 9.54. The molecule has 1 heteroatoms. The molecule has 0 aliphatic rings. The SMILES string of the molecule is C/C=C/c1cccc(SC)c1.CC. The second kappa shape index (κ2) is 7.93. The van der Waals surface area contributed by atoms with Crippen LogP contribution in [0.5, 0.6) is 0 Å². The highest BCUT2D eigenvalue weighted by Crippen LogP contribution is 2.16. The van der Waals surface area contributed by atoms with Crippen LogP contribution in [0, 0.1) is 0 Å². The number of thioether (sulfide) groups is 1. The Morgan fingerprint density at radius 2 is 1.92 bits per heavy atom. The number of allylic oxidation sites excluding steroid dienone is 1. The molecule has 0 aromatic heterocycles. The Morgan fingerprint density at radius 1 is 1.23 bits per heavy atom. The molecule has 0 N–H and O–H groups in total. The molecule has 0 unspecified atom stereocenters. The molecule has 0 saturated carbocycles. The molecule has 0 aliphatic carbocycles. The van der Waals surface area contributed by atoms with Crippen molar-refractivity contribution in [1.29, 1.82) is 0 Å². The summed E-state index contributed by atoms with van der Waals surface area (Å²) >= 11 is 1.77. The van der Waals surface area contributed by atoms with E-state index in [-0.39, 0.29) is 0 Å². The van der Waals surface area contributed by atoms with Crippen molar-refractivity contribution in [2.45, 2.75) is 25.7 Å². The third-order valence-corrected chi connectivity index (χ3v) is 2.18. The summed E-state index contributed by atoms with van der Waals surface area (Å²) in [6.45, 7) is 6.03. The smallest absolute Gasteiger partial charge is 0.00750 e. The van der Waals surface area contributed by atoms with Gasteiger partial charge in [0.1, 0.15) is 0 Å². The lowest BCUT2D eigenvalue weighted by atomic mass is 10.2. The summed E-state index contributed by atoms with van der Waals surface area (Å²) < 4.78 is 0. The van der Waals surface area contributed by atoms with Crippen LogP contribution >= 0.6 is 11.8 Å². The minimum Gasteiger partial charge on any atom is -0.130 e. The van der Waals surface area contributed by atoms with Crippen LogP contribution in [0.3, 0.4) is 0 Å². The zero-order chi connectivity index (χ0) is 10.1. The summed E-state index contributed by atoms with van der Waals surface area (Å²) in [5, 5.41) is 0. The average Bonchev–Trinajstić information content (AvgIpc) is 2.22. The lowest BCUT2D eigenvalue weighted by Crippen LogP contribution is -1.72. The predicted octanol–water partition coefficient (Wildman–Crippen LogP) is 4.47. The van der Waals surface area contributed by atoms with E-state index in [9.17, 15) is 0 Å². The number of benzene rings is 1. The van der Waals surface area contributed by atoms with Gasteiger partial charge in [-0.15, -0.1) is 11.8 Å². The number of hydrogen-bond donors (Lipinski definition) is 0. The molecule has 0 bridgehead atoms. The van der Waals surface area contributed by atoms with E-state index in [1.807, 2.05) is 20.8 Å². The van der Waals surface area contributed by atoms with Crippen LogP contribution in [0.15, 0.2) is 35.2 Å². The predicted molar refractivity (Wildman–Crippen MR) is 64.3 cm³/mol. The van der Waals surface area contributed by atoms with Gasteiger partial charge in [-0.2, -0.15) is 0 Å². The summed E-state index contributed by atoms with van der Waals surface area (Å²) in [6.07, 6.45) is 6.26. The molecular weight excluding hydrogens is 176 g/mol. The van der Waals surface area contributed by atoms with Gasteiger partial charge in [0.15, 0.2) is 0 Å². The summed E-state index contributed by atoms with van der Waals surface area (Å²) in [4.78, 5) is 1.32.